The lowest BCUT2D eigenvalue weighted by atomic mass is 10.3. The molecular formula is C15H12F3N5O2. The maximum Gasteiger partial charge on any atom is 0.573 e. The minimum absolute atomic E-state index is 0.149. The Kier molecular flexibility index (Phi) is 4.03. The molecule has 0 radical (unpaired) electrons. The first-order valence-corrected chi connectivity index (χ1v) is 7.10. The standard InChI is InChI=1S/C15H12F3N5O2/c1-8-7-9(2)23-14(19-8)21-12(22-23)13(24)20-10-5-3-4-6-11(10)25-15(16,17)18/h3-7H,1-2H3,(H,20,24). The number of para-hydroxylation sites is 2. The molecule has 3 rings (SSSR count). The van der Waals surface area contributed by atoms with Crippen molar-refractivity contribution in [3.8, 4) is 5.75 Å². The maximum absolute atomic E-state index is 12.4. The zero-order valence-corrected chi connectivity index (χ0v) is 13.1. The highest BCUT2D eigenvalue weighted by Gasteiger charge is 2.32. The molecule has 0 unspecified atom stereocenters. The van der Waals surface area contributed by atoms with Gasteiger partial charge < -0.3 is 10.1 Å². The second-order valence-corrected chi connectivity index (χ2v) is 5.18. The molecule has 2 aromatic heterocycles. The largest absolute Gasteiger partial charge is 0.573 e. The minimum Gasteiger partial charge on any atom is -0.404 e. The molecule has 130 valence electrons. The third kappa shape index (κ3) is 3.67. The molecule has 0 saturated carbocycles. The van der Waals surface area contributed by atoms with Gasteiger partial charge in [0.2, 0.25) is 5.82 Å². The molecular weight excluding hydrogens is 339 g/mol. The average molecular weight is 351 g/mol. The first-order valence-electron chi connectivity index (χ1n) is 7.10. The van der Waals surface area contributed by atoms with Crippen LogP contribution in [-0.4, -0.2) is 31.9 Å². The van der Waals surface area contributed by atoms with Gasteiger partial charge in [-0.3, -0.25) is 4.79 Å². The van der Waals surface area contributed by atoms with Gasteiger partial charge in [-0.2, -0.15) is 4.98 Å². The van der Waals surface area contributed by atoms with Crippen LogP contribution in [0.5, 0.6) is 5.75 Å². The number of hydrogen-bond donors (Lipinski definition) is 1. The Hall–Kier alpha value is -3.17. The predicted octanol–water partition coefficient (Wildman–Crippen LogP) is 2.89. The number of rotatable bonds is 3. The van der Waals surface area contributed by atoms with Crippen LogP contribution in [0.3, 0.4) is 0 Å². The molecule has 2 heterocycles. The van der Waals surface area contributed by atoms with Gasteiger partial charge in [0.25, 0.3) is 11.7 Å². The normalized spacial score (nSPS) is 11.6. The van der Waals surface area contributed by atoms with E-state index in [-0.39, 0.29) is 17.3 Å². The van der Waals surface area contributed by atoms with Crippen molar-refractivity contribution >= 4 is 17.4 Å². The van der Waals surface area contributed by atoms with E-state index in [9.17, 15) is 18.0 Å². The number of alkyl halides is 3. The molecule has 1 N–H and O–H groups in total. The number of aromatic nitrogens is 4. The van der Waals surface area contributed by atoms with Gasteiger partial charge in [-0.05, 0) is 32.0 Å². The number of ether oxygens (including phenoxy) is 1. The molecule has 7 nitrogen and oxygen atoms in total. The molecule has 0 aliphatic heterocycles. The number of nitrogens with one attached hydrogen (secondary N) is 1. The number of anilines is 1. The highest BCUT2D eigenvalue weighted by Crippen LogP contribution is 2.30. The molecule has 0 aliphatic carbocycles. The lowest BCUT2D eigenvalue weighted by Gasteiger charge is -2.13. The smallest absolute Gasteiger partial charge is 0.404 e. The topological polar surface area (TPSA) is 81.4 Å². The SMILES string of the molecule is Cc1cc(C)n2nc(C(=O)Nc3ccccc3OC(F)(F)F)nc2n1. The Balaban J connectivity index is 1.89. The van der Waals surface area contributed by atoms with Gasteiger partial charge in [0.15, 0.2) is 5.75 Å². The highest BCUT2D eigenvalue weighted by atomic mass is 19.4. The highest BCUT2D eigenvalue weighted by molar-refractivity contribution is 6.02. The second kappa shape index (κ2) is 6.04. The van der Waals surface area contributed by atoms with Crippen molar-refractivity contribution < 1.29 is 22.7 Å². The van der Waals surface area contributed by atoms with E-state index in [1.165, 1.54) is 22.7 Å². The van der Waals surface area contributed by atoms with Crippen LogP contribution in [-0.2, 0) is 0 Å². The number of nitrogens with zero attached hydrogens (tertiary/aromatic N) is 4. The molecule has 25 heavy (non-hydrogen) atoms. The van der Waals surface area contributed by atoms with Crippen molar-refractivity contribution in [3.05, 3.63) is 47.5 Å². The third-order valence-electron chi connectivity index (χ3n) is 3.18. The van der Waals surface area contributed by atoms with Crippen LogP contribution in [0.4, 0.5) is 18.9 Å². The fourth-order valence-corrected chi connectivity index (χ4v) is 2.22. The maximum atomic E-state index is 12.4. The zero-order valence-electron chi connectivity index (χ0n) is 13.1. The van der Waals surface area contributed by atoms with Crippen molar-refractivity contribution in [1.82, 2.24) is 19.6 Å². The second-order valence-electron chi connectivity index (χ2n) is 5.18. The summed E-state index contributed by atoms with van der Waals surface area (Å²) in [6, 6.07) is 6.95. The van der Waals surface area contributed by atoms with Crippen LogP contribution in [0.15, 0.2) is 30.3 Å². The van der Waals surface area contributed by atoms with Crippen molar-refractivity contribution in [3.63, 3.8) is 0 Å². The summed E-state index contributed by atoms with van der Waals surface area (Å²) in [6.07, 6.45) is -4.87. The number of carbonyl (C=O) groups is 1. The lowest BCUT2D eigenvalue weighted by molar-refractivity contribution is -0.274. The van der Waals surface area contributed by atoms with Crippen LogP contribution in [0, 0.1) is 13.8 Å². The summed E-state index contributed by atoms with van der Waals surface area (Å²) < 4.78 is 42.6. The number of benzene rings is 1. The predicted molar refractivity (Wildman–Crippen MR) is 81.3 cm³/mol. The van der Waals surface area contributed by atoms with Gasteiger partial charge in [0.1, 0.15) is 0 Å². The lowest BCUT2D eigenvalue weighted by Crippen LogP contribution is -2.20. The van der Waals surface area contributed by atoms with Crippen LogP contribution < -0.4 is 10.1 Å². The summed E-state index contributed by atoms with van der Waals surface area (Å²) in [5.74, 6) is -1.30. The van der Waals surface area contributed by atoms with E-state index in [0.717, 1.165) is 11.8 Å². The van der Waals surface area contributed by atoms with Crippen molar-refractivity contribution in [1.29, 1.82) is 0 Å². The molecule has 1 aromatic carbocycles. The Morgan fingerprint density at radius 3 is 2.64 bits per heavy atom. The summed E-state index contributed by atoms with van der Waals surface area (Å²) in [4.78, 5) is 20.4. The van der Waals surface area contributed by atoms with E-state index >= 15 is 0 Å². The first-order chi connectivity index (χ1) is 11.7. The van der Waals surface area contributed by atoms with Gasteiger partial charge in [-0.15, -0.1) is 18.3 Å². The van der Waals surface area contributed by atoms with Crippen LogP contribution >= 0.6 is 0 Å². The van der Waals surface area contributed by atoms with E-state index < -0.39 is 18.0 Å². The summed E-state index contributed by atoms with van der Waals surface area (Å²) in [5, 5.41) is 6.34. The number of carbonyl (C=O) groups excluding carboxylic acids is 1. The summed E-state index contributed by atoms with van der Waals surface area (Å²) >= 11 is 0. The summed E-state index contributed by atoms with van der Waals surface area (Å²) in [6.45, 7) is 3.54. The minimum atomic E-state index is -4.87. The summed E-state index contributed by atoms with van der Waals surface area (Å²) in [5.41, 5.74) is 1.27. The van der Waals surface area contributed by atoms with E-state index in [1.807, 2.05) is 0 Å². The Morgan fingerprint density at radius 1 is 1.20 bits per heavy atom. The van der Waals surface area contributed by atoms with Gasteiger partial charge in [-0.25, -0.2) is 9.50 Å². The molecule has 0 saturated heterocycles. The monoisotopic (exact) mass is 351 g/mol. The molecule has 10 heteroatoms. The third-order valence-corrected chi connectivity index (χ3v) is 3.18. The van der Waals surface area contributed by atoms with Gasteiger partial charge in [-0.1, -0.05) is 12.1 Å². The van der Waals surface area contributed by atoms with Crippen molar-refractivity contribution in [2.45, 2.75) is 20.2 Å². The zero-order chi connectivity index (χ0) is 18.2. The van der Waals surface area contributed by atoms with Crippen molar-refractivity contribution in [2.75, 3.05) is 5.32 Å². The number of amides is 1. The quantitative estimate of drug-likeness (QED) is 0.785. The Labute approximate surface area is 139 Å². The van der Waals surface area contributed by atoms with Crippen LogP contribution in [0.2, 0.25) is 0 Å². The summed E-state index contributed by atoms with van der Waals surface area (Å²) in [7, 11) is 0. The molecule has 0 fully saturated rings. The van der Waals surface area contributed by atoms with Gasteiger partial charge >= 0.3 is 6.36 Å². The van der Waals surface area contributed by atoms with E-state index in [4.69, 9.17) is 0 Å². The van der Waals surface area contributed by atoms with Crippen LogP contribution in [0.25, 0.3) is 5.78 Å². The Bertz CT molecular complexity index is 952. The number of fused-ring (bicyclic) bond motifs is 1. The fourth-order valence-electron chi connectivity index (χ4n) is 2.22. The fraction of sp³-hybridized carbons (Fsp3) is 0.200. The molecule has 3 aromatic rings. The molecule has 0 aliphatic rings. The van der Waals surface area contributed by atoms with E-state index in [2.05, 4.69) is 25.1 Å². The van der Waals surface area contributed by atoms with E-state index in [1.54, 1.807) is 19.9 Å². The van der Waals surface area contributed by atoms with E-state index in [0.29, 0.717) is 5.69 Å². The Morgan fingerprint density at radius 2 is 1.92 bits per heavy atom. The number of halogens is 3. The number of aryl methyl sites for hydroxylation is 2. The molecule has 0 atom stereocenters. The van der Waals surface area contributed by atoms with Crippen molar-refractivity contribution in [2.24, 2.45) is 0 Å². The van der Waals surface area contributed by atoms with Gasteiger partial charge in [0.05, 0.1) is 5.69 Å². The van der Waals surface area contributed by atoms with Crippen LogP contribution in [0.1, 0.15) is 22.0 Å². The molecule has 0 spiro atoms. The first kappa shape index (κ1) is 16.7. The average Bonchev–Trinajstić information content (AvgIpc) is 2.92. The molecule has 1 amide bonds. The molecule has 0 bridgehead atoms. The number of hydrogen-bond acceptors (Lipinski definition) is 5. The van der Waals surface area contributed by atoms with Gasteiger partial charge in [0, 0.05) is 11.4 Å².